The summed E-state index contributed by atoms with van der Waals surface area (Å²) in [7, 11) is 0. The van der Waals surface area contributed by atoms with E-state index in [1.807, 2.05) is 42.5 Å². The van der Waals surface area contributed by atoms with Crippen molar-refractivity contribution in [2.45, 2.75) is 11.2 Å². The van der Waals surface area contributed by atoms with Crippen molar-refractivity contribution in [1.82, 2.24) is 4.98 Å². The molecule has 3 aromatic rings. The van der Waals surface area contributed by atoms with Gasteiger partial charge in [0, 0.05) is 11.1 Å². The lowest BCUT2D eigenvalue weighted by molar-refractivity contribution is -0.167. The van der Waals surface area contributed by atoms with Crippen LogP contribution >= 0.6 is 11.8 Å². The number of aromatic nitrogens is 1. The van der Waals surface area contributed by atoms with Crippen molar-refractivity contribution in [1.29, 1.82) is 5.26 Å². The Hall–Kier alpha value is -3.11. The summed E-state index contributed by atoms with van der Waals surface area (Å²) in [5.74, 6) is -2.70. The fourth-order valence-electron chi connectivity index (χ4n) is 2.55. The van der Waals surface area contributed by atoms with Gasteiger partial charge in [0.15, 0.2) is 0 Å². The molecular weight excluding hydrogens is 385 g/mol. The number of thioether (sulfide) groups is 1. The van der Waals surface area contributed by atoms with E-state index in [0.717, 1.165) is 11.1 Å². The second kappa shape index (κ2) is 8.28. The number of carbonyl (C=O) groups excluding carboxylic acids is 1. The molecule has 0 fully saturated rings. The van der Waals surface area contributed by atoms with Gasteiger partial charge >= 0.3 is 6.18 Å². The van der Waals surface area contributed by atoms with Gasteiger partial charge in [-0.3, -0.25) is 4.79 Å². The number of halogens is 3. The largest absolute Gasteiger partial charge is 0.450 e. The van der Waals surface area contributed by atoms with Gasteiger partial charge in [-0.1, -0.05) is 72.4 Å². The molecule has 2 aromatic carbocycles. The number of Topliss-reactive ketones (excluding diaryl/α,β-unsaturated/α-hetero) is 1. The standard InChI is InChI=1S/C21H13F3N2OS/c22-21(23,24)19(27)13-28-20-17(12-25)16(14-7-3-1-4-8-14)11-18(26-20)15-9-5-2-6-10-15/h1-11H,13H2. The summed E-state index contributed by atoms with van der Waals surface area (Å²) in [6.45, 7) is 0. The van der Waals surface area contributed by atoms with Crippen LogP contribution in [0.3, 0.4) is 0 Å². The number of pyridine rings is 1. The third-order valence-electron chi connectivity index (χ3n) is 3.91. The Labute approximate surface area is 163 Å². The number of benzene rings is 2. The number of carbonyl (C=O) groups is 1. The summed E-state index contributed by atoms with van der Waals surface area (Å²) in [6.07, 6.45) is -4.92. The first kappa shape index (κ1) is 19.6. The average Bonchev–Trinajstić information content (AvgIpc) is 2.71. The molecule has 0 atom stereocenters. The Morgan fingerprint density at radius 1 is 1.00 bits per heavy atom. The van der Waals surface area contributed by atoms with Crippen LogP contribution in [0, 0.1) is 11.3 Å². The van der Waals surface area contributed by atoms with Crippen molar-refractivity contribution in [2.75, 3.05) is 5.75 Å². The van der Waals surface area contributed by atoms with E-state index >= 15 is 0 Å². The lowest BCUT2D eigenvalue weighted by Gasteiger charge is -2.13. The molecule has 0 aliphatic rings. The Kier molecular flexibility index (Phi) is 5.81. The van der Waals surface area contributed by atoms with Gasteiger partial charge in [-0.15, -0.1) is 0 Å². The molecule has 0 saturated carbocycles. The molecule has 0 unspecified atom stereocenters. The molecule has 3 nitrogen and oxygen atoms in total. The van der Waals surface area contributed by atoms with Gasteiger partial charge in [-0.25, -0.2) is 4.98 Å². The van der Waals surface area contributed by atoms with Crippen molar-refractivity contribution in [2.24, 2.45) is 0 Å². The van der Waals surface area contributed by atoms with Crippen molar-refractivity contribution in [3.63, 3.8) is 0 Å². The molecule has 1 aromatic heterocycles. The molecule has 1 heterocycles. The predicted octanol–water partition coefficient (Wildman–Crippen LogP) is 5.51. The van der Waals surface area contributed by atoms with Crippen LogP contribution in [0.5, 0.6) is 0 Å². The molecule has 0 aliphatic carbocycles. The molecule has 0 spiro atoms. The second-order valence-corrected chi connectivity index (χ2v) is 6.75. The summed E-state index contributed by atoms with van der Waals surface area (Å²) < 4.78 is 37.7. The smallest absolute Gasteiger partial charge is 0.289 e. The molecule has 0 bridgehead atoms. The molecule has 0 N–H and O–H groups in total. The first-order chi connectivity index (χ1) is 13.4. The quantitative estimate of drug-likeness (QED) is 0.532. The third-order valence-corrected chi connectivity index (χ3v) is 4.88. The molecule has 3 rings (SSSR count). The Balaban J connectivity index is 2.12. The van der Waals surface area contributed by atoms with Gasteiger partial charge in [0.2, 0.25) is 5.78 Å². The number of alkyl halides is 3. The maximum absolute atomic E-state index is 12.6. The number of rotatable bonds is 5. The number of ketones is 1. The van der Waals surface area contributed by atoms with E-state index in [1.54, 1.807) is 30.3 Å². The molecule has 140 valence electrons. The first-order valence-corrected chi connectivity index (χ1v) is 9.17. The summed E-state index contributed by atoms with van der Waals surface area (Å²) >= 11 is 0.621. The lowest BCUT2D eigenvalue weighted by Crippen LogP contribution is -2.24. The van der Waals surface area contributed by atoms with Crippen LogP contribution in [-0.4, -0.2) is 22.7 Å². The summed E-state index contributed by atoms with van der Waals surface area (Å²) in [5, 5.41) is 9.73. The summed E-state index contributed by atoms with van der Waals surface area (Å²) in [6, 6.07) is 21.9. The van der Waals surface area contributed by atoms with Gasteiger partial charge in [0.25, 0.3) is 0 Å². The summed E-state index contributed by atoms with van der Waals surface area (Å²) in [5.41, 5.74) is 2.71. The van der Waals surface area contributed by atoms with Gasteiger partial charge in [-0.2, -0.15) is 18.4 Å². The zero-order valence-electron chi connectivity index (χ0n) is 14.4. The lowest BCUT2D eigenvalue weighted by atomic mass is 9.99. The van der Waals surface area contributed by atoms with E-state index in [9.17, 15) is 23.2 Å². The predicted molar refractivity (Wildman–Crippen MR) is 102 cm³/mol. The Bertz CT molecular complexity index is 1030. The maximum atomic E-state index is 12.6. The number of nitrogens with zero attached hydrogens (tertiary/aromatic N) is 2. The highest BCUT2D eigenvalue weighted by Crippen LogP contribution is 2.34. The number of hydrogen-bond donors (Lipinski definition) is 0. The molecule has 0 saturated heterocycles. The van der Waals surface area contributed by atoms with Crippen LogP contribution in [0.1, 0.15) is 5.56 Å². The van der Waals surface area contributed by atoms with Crippen molar-refractivity contribution < 1.29 is 18.0 Å². The average molecular weight is 398 g/mol. The van der Waals surface area contributed by atoms with Crippen LogP contribution in [0.2, 0.25) is 0 Å². The second-order valence-electron chi connectivity index (χ2n) is 5.79. The fraction of sp³-hybridized carbons (Fsp3) is 0.0952. The molecule has 0 aliphatic heterocycles. The molecule has 0 amide bonds. The van der Waals surface area contributed by atoms with Gasteiger partial charge < -0.3 is 0 Å². The van der Waals surface area contributed by atoms with Crippen LogP contribution in [0.4, 0.5) is 13.2 Å². The Morgan fingerprint density at radius 3 is 2.11 bits per heavy atom. The van der Waals surface area contributed by atoms with Crippen molar-refractivity contribution >= 4 is 17.5 Å². The highest BCUT2D eigenvalue weighted by molar-refractivity contribution is 8.00. The monoisotopic (exact) mass is 398 g/mol. The normalized spacial score (nSPS) is 11.1. The number of hydrogen-bond acceptors (Lipinski definition) is 4. The van der Waals surface area contributed by atoms with E-state index in [-0.39, 0.29) is 10.6 Å². The van der Waals surface area contributed by atoms with Crippen LogP contribution in [0.15, 0.2) is 71.8 Å². The highest BCUT2D eigenvalue weighted by atomic mass is 32.2. The van der Waals surface area contributed by atoms with Crippen LogP contribution < -0.4 is 0 Å². The summed E-state index contributed by atoms with van der Waals surface area (Å²) in [4.78, 5) is 15.7. The topological polar surface area (TPSA) is 53.8 Å². The van der Waals surface area contributed by atoms with E-state index in [2.05, 4.69) is 4.98 Å². The van der Waals surface area contributed by atoms with E-state index in [0.29, 0.717) is 23.0 Å². The number of nitriles is 1. The van der Waals surface area contributed by atoms with E-state index < -0.39 is 17.7 Å². The molecule has 28 heavy (non-hydrogen) atoms. The minimum absolute atomic E-state index is 0.0975. The zero-order valence-corrected chi connectivity index (χ0v) is 15.2. The van der Waals surface area contributed by atoms with E-state index in [1.165, 1.54) is 0 Å². The molecule has 0 radical (unpaired) electrons. The first-order valence-electron chi connectivity index (χ1n) is 8.19. The van der Waals surface area contributed by atoms with Crippen LogP contribution in [-0.2, 0) is 4.79 Å². The zero-order chi connectivity index (χ0) is 20.1. The highest BCUT2D eigenvalue weighted by Gasteiger charge is 2.38. The van der Waals surface area contributed by atoms with Gasteiger partial charge in [0.05, 0.1) is 17.0 Å². The fourth-order valence-corrected chi connectivity index (χ4v) is 3.45. The van der Waals surface area contributed by atoms with Crippen molar-refractivity contribution in [3.8, 4) is 28.5 Å². The minimum atomic E-state index is -4.92. The molecular formula is C21H13F3N2OS. The third kappa shape index (κ3) is 4.41. The minimum Gasteiger partial charge on any atom is -0.289 e. The van der Waals surface area contributed by atoms with Gasteiger partial charge in [0.1, 0.15) is 11.1 Å². The van der Waals surface area contributed by atoms with Crippen LogP contribution in [0.25, 0.3) is 22.4 Å². The van der Waals surface area contributed by atoms with Gasteiger partial charge in [-0.05, 0) is 11.6 Å². The maximum Gasteiger partial charge on any atom is 0.450 e. The Morgan fingerprint density at radius 2 is 1.57 bits per heavy atom. The molecule has 7 heteroatoms. The van der Waals surface area contributed by atoms with Crippen molar-refractivity contribution in [3.05, 3.63) is 72.3 Å². The van der Waals surface area contributed by atoms with E-state index in [4.69, 9.17) is 0 Å². The SMILES string of the molecule is N#Cc1c(-c2ccccc2)cc(-c2ccccc2)nc1SCC(=O)C(F)(F)F.